The van der Waals surface area contributed by atoms with E-state index in [1.165, 1.54) is 0 Å². The topological polar surface area (TPSA) is 35.5 Å². The molecule has 0 N–H and O–H groups in total. The van der Waals surface area contributed by atoms with Gasteiger partial charge in [0.1, 0.15) is 0 Å². The number of ketones is 1. The summed E-state index contributed by atoms with van der Waals surface area (Å²) in [5, 5.41) is 0.343. The van der Waals surface area contributed by atoms with Crippen LogP contribution in [-0.2, 0) is 13.6 Å². The van der Waals surface area contributed by atoms with E-state index in [0.29, 0.717) is 17.6 Å². The van der Waals surface area contributed by atoms with Gasteiger partial charge in [-0.2, -0.15) is 0 Å². The maximum absolute atomic E-state index is 13.4. The zero-order chi connectivity index (χ0) is 26.2. The highest BCUT2D eigenvalue weighted by Gasteiger charge is 2.67. The summed E-state index contributed by atoms with van der Waals surface area (Å²) in [5.41, 5.74) is -0.430. The maximum atomic E-state index is 13.4. The third-order valence-electron chi connectivity index (χ3n) is 11.7. The molecule has 0 unspecified atom stereocenters. The number of allylic oxidation sites excluding steroid dienone is 2. The Kier molecular flexibility index (Phi) is 6.99. The molecule has 6 atom stereocenters. The average molecular weight is 507 g/mol. The van der Waals surface area contributed by atoms with Crippen LogP contribution in [0.5, 0.6) is 0 Å². The van der Waals surface area contributed by atoms with E-state index in [9.17, 15) is 4.79 Å². The van der Waals surface area contributed by atoms with E-state index in [1.807, 2.05) is 6.08 Å². The lowest BCUT2D eigenvalue weighted by Crippen LogP contribution is -2.65. The second kappa shape index (κ2) is 8.39. The molecule has 3 aliphatic rings. The smallest absolute Gasteiger partial charge is 0.192 e. The fourth-order valence-corrected chi connectivity index (χ4v) is 9.37. The Hall–Kier alpha value is -0.236. The molecular weight excluding hydrogens is 452 g/mol. The van der Waals surface area contributed by atoms with Crippen LogP contribution in [-0.4, -0.2) is 35.1 Å². The van der Waals surface area contributed by atoms with E-state index in [0.717, 1.165) is 32.3 Å². The second-order valence-corrected chi connectivity index (χ2v) is 25.1. The molecule has 3 rings (SSSR count). The molecule has 196 valence electrons. The lowest BCUT2D eigenvalue weighted by Gasteiger charge is -2.65. The minimum Gasteiger partial charge on any atom is -0.416 e. The summed E-state index contributed by atoms with van der Waals surface area (Å²) in [6, 6.07) is 0. The number of rotatable bonds is 5. The molecule has 0 aromatic carbocycles. The van der Waals surface area contributed by atoms with Crippen LogP contribution in [0.2, 0.25) is 36.3 Å². The summed E-state index contributed by atoms with van der Waals surface area (Å²) in [5.74, 6) is 1.14. The summed E-state index contributed by atoms with van der Waals surface area (Å²) in [4.78, 5) is 13.4. The minimum atomic E-state index is -1.96. The van der Waals surface area contributed by atoms with Crippen LogP contribution >= 0.6 is 0 Å². The molecule has 0 saturated heterocycles. The van der Waals surface area contributed by atoms with Crippen molar-refractivity contribution < 1.29 is 13.6 Å². The molecule has 0 bridgehead atoms. The van der Waals surface area contributed by atoms with E-state index in [2.05, 4.69) is 94.6 Å². The van der Waals surface area contributed by atoms with E-state index < -0.39 is 16.6 Å². The first-order valence-corrected chi connectivity index (χ1v) is 19.5. The Bertz CT molecular complexity index is 833. The lowest BCUT2D eigenvalue weighted by molar-refractivity contribution is -0.191. The summed E-state index contributed by atoms with van der Waals surface area (Å²) in [6.45, 7) is 31.4. The van der Waals surface area contributed by atoms with Crippen molar-refractivity contribution in [3.63, 3.8) is 0 Å². The number of carbonyl (C=O) groups is 1. The van der Waals surface area contributed by atoms with Crippen molar-refractivity contribution in [3.05, 3.63) is 12.2 Å². The van der Waals surface area contributed by atoms with Crippen molar-refractivity contribution in [1.82, 2.24) is 0 Å². The van der Waals surface area contributed by atoms with Gasteiger partial charge >= 0.3 is 0 Å². The molecule has 2 saturated carbocycles. The lowest BCUT2D eigenvalue weighted by atomic mass is 9.40. The third-order valence-corrected chi connectivity index (χ3v) is 20.7. The highest BCUT2D eigenvalue weighted by Crippen LogP contribution is 2.68. The van der Waals surface area contributed by atoms with Gasteiger partial charge in [0.25, 0.3) is 0 Å². The molecule has 0 amide bonds. The first kappa shape index (κ1) is 28.3. The number of hydrogen-bond acceptors (Lipinski definition) is 3. The van der Waals surface area contributed by atoms with Crippen molar-refractivity contribution >= 4 is 22.4 Å². The highest BCUT2D eigenvalue weighted by molar-refractivity contribution is 6.74. The maximum Gasteiger partial charge on any atom is 0.192 e. The quantitative estimate of drug-likeness (QED) is 0.351. The van der Waals surface area contributed by atoms with E-state index in [1.54, 1.807) is 0 Å². The molecule has 5 heteroatoms. The fraction of sp³-hybridized carbons (Fsp3) is 0.897. The summed E-state index contributed by atoms with van der Waals surface area (Å²) in [7, 11) is -3.88. The van der Waals surface area contributed by atoms with Crippen molar-refractivity contribution in [1.29, 1.82) is 0 Å². The van der Waals surface area contributed by atoms with Crippen molar-refractivity contribution in [2.24, 2.45) is 28.1 Å². The molecule has 3 aliphatic carbocycles. The molecule has 0 aromatic rings. The van der Waals surface area contributed by atoms with Crippen LogP contribution < -0.4 is 0 Å². The Morgan fingerprint density at radius 2 is 1.47 bits per heavy atom. The molecule has 2 fully saturated rings. The Morgan fingerprint density at radius 3 is 2.00 bits per heavy atom. The largest absolute Gasteiger partial charge is 0.416 e. The molecule has 0 aliphatic heterocycles. The third kappa shape index (κ3) is 4.18. The van der Waals surface area contributed by atoms with Gasteiger partial charge in [0.15, 0.2) is 22.4 Å². The molecule has 0 heterocycles. The standard InChI is InChI=1S/C29H54O3Si2/c1-25(2,3)33(10,11)31-20-27(7)22-16-14-21-15-17-23(30)29(21,9)28(22,8)19-18-24(27)32-34(12,13)26(4,5)6/h15,17,21-22,24H,14,16,18-20H2,1-13H3/t21-,22-,24-,27-,28-,29+/m0/s1. The van der Waals surface area contributed by atoms with Crippen LogP contribution in [0, 0.1) is 28.1 Å². The summed E-state index contributed by atoms with van der Waals surface area (Å²) in [6.07, 6.45) is 8.62. The van der Waals surface area contributed by atoms with Gasteiger partial charge < -0.3 is 8.85 Å². The highest BCUT2D eigenvalue weighted by atomic mass is 28.4. The first-order chi connectivity index (χ1) is 15.1. The monoisotopic (exact) mass is 506 g/mol. The zero-order valence-electron chi connectivity index (χ0n) is 24.6. The van der Waals surface area contributed by atoms with Crippen LogP contribution in [0.25, 0.3) is 0 Å². The molecule has 0 aromatic heterocycles. The predicted molar refractivity (Wildman–Crippen MR) is 149 cm³/mol. The van der Waals surface area contributed by atoms with Crippen molar-refractivity contribution in [3.8, 4) is 0 Å². The zero-order valence-corrected chi connectivity index (χ0v) is 26.6. The van der Waals surface area contributed by atoms with Gasteiger partial charge in [-0.1, -0.05) is 68.4 Å². The SMILES string of the molecule is CC(C)(C)[Si](C)(C)OC[C@]1(C)[C@@H](O[Si](C)(C)C(C)(C)C)CC[C@@]2(C)[C@H]1CC[C@H]1C=CC(=O)[C@@]12C. The van der Waals surface area contributed by atoms with Gasteiger partial charge in [0.05, 0.1) is 6.10 Å². The first-order valence-electron chi connectivity index (χ1n) is 13.7. The summed E-state index contributed by atoms with van der Waals surface area (Å²) >= 11 is 0. The van der Waals surface area contributed by atoms with Crippen LogP contribution in [0.4, 0.5) is 0 Å². The number of fused-ring (bicyclic) bond motifs is 3. The van der Waals surface area contributed by atoms with Gasteiger partial charge in [0.2, 0.25) is 0 Å². The van der Waals surface area contributed by atoms with Crippen LogP contribution in [0.3, 0.4) is 0 Å². The van der Waals surface area contributed by atoms with E-state index in [4.69, 9.17) is 8.85 Å². The Balaban J connectivity index is 2.04. The Morgan fingerprint density at radius 1 is 0.912 bits per heavy atom. The molecule has 34 heavy (non-hydrogen) atoms. The molecule has 0 radical (unpaired) electrons. The molecule has 0 spiro atoms. The summed E-state index contributed by atoms with van der Waals surface area (Å²) < 4.78 is 14.3. The predicted octanol–water partition coefficient (Wildman–Crippen LogP) is 8.38. The average Bonchev–Trinajstić information content (AvgIpc) is 2.97. The van der Waals surface area contributed by atoms with Gasteiger partial charge in [-0.3, -0.25) is 4.79 Å². The normalized spacial score (nSPS) is 39.2. The van der Waals surface area contributed by atoms with Crippen molar-refractivity contribution in [2.75, 3.05) is 6.61 Å². The fourth-order valence-electron chi connectivity index (χ4n) is 6.82. The van der Waals surface area contributed by atoms with Crippen molar-refractivity contribution in [2.45, 2.75) is 130 Å². The number of hydrogen-bond donors (Lipinski definition) is 0. The van der Waals surface area contributed by atoms with Crippen LogP contribution in [0.15, 0.2) is 12.2 Å². The molecular formula is C29H54O3Si2. The van der Waals surface area contributed by atoms with Gasteiger partial charge in [-0.15, -0.1) is 0 Å². The van der Waals surface area contributed by atoms with E-state index in [-0.39, 0.29) is 32.4 Å². The van der Waals surface area contributed by atoms with Crippen LogP contribution in [0.1, 0.15) is 88.0 Å². The van der Waals surface area contributed by atoms with Gasteiger partial charge in [0, 0.05) is 17.4 Å². The minimum absolute atomic E-state index is 0.0324. The number of carbonyl (C=O) groups excluding carboxylic acids is 1. The Labute approximate surface area is 213 Å². The second-order valence-electron chi connectivity index (χ2n) is 15.5. The van der Waals surface area contributed by atoms with Gasteiger partial charge in [-0.25, -0.2) is 0 Å². The molecule has 3 nitrogen and oxygen atoms in total. The van der Waals surface area contributed by atoms with Gasteiger partial charge in [-0.05, 0) is 85.3 Å². The van der Waals surface area contributed by atoms with E-state index >= 15 is 0 Å².